The monoisotopic (exact) mass is 508 g/mol. The zero-order valence-electron chi connectivity index (χ0n) is 21.6. The van der Waals surface area contributed by atoms with E-state index in [1.54, 1.807) is 18.2 Å². The lowest BCUT2D eigenvalue weighted by molar-refractivity contribution is -0.132. The van der Waals surface area contributed by atoms with Gasteiger partial charge in [-0.15, -0.1) is 0 Å². The van der Waals surface area contributed by atoms with E-state index in [1.165, 1.54) is 6.92 Å². The van der Waals surface area contributed by atoms with Gasteiger partial charge in [-0.25, -0.2) is 0 Å². The van der Waals surface area contributed by atoms with Gasteiger partial charge in [0.2, 0.25) is 5.91 Å². The van der Waals surface area contributed by atoms with Gasteiger partial charge >= 0.3 is 0 Å². The molecule has 0 spiro atoms. The molecule has 4 rings (SSSR count). The van der Waals surface area contributed by atoms with Crippen molar-refractivity contribution in [2.75, 3.05) is 46.5 Å². The highest BCUT2D eigenvalue weighted by Crippen LogP contribution is 2.29. The van der Waals surface area contributed by atoms with Crippen LogP contribution in [0.1, 0.15) is 18.9 Å². The second-order valence-corrected chi connectivity index (χ2v) is 9.43. The molecule has 3 aromatic rings. The summed E-state index contributed by atoms with van der Waals surface area (Å²) in [6, 6.07) is 17.2. The zero-order chi connectivity index (χ0) is 26.1. The number of aromatic nitrogens is 2. The minimum atomic E-state index is -1.21. The number of nitrogens with zero attached hydrogens (tertiary/aromatic N) is 4. The Kier molecular flexibility index (Phi) is 9.03. The maximum Gasteiger partial charge on any atom is 0.219 e. The molecule has 1 fully saturated rings. The standard InChI is InChI=1S/C28H36N4O5/c1-23(33)31-16-15-30(20-28(34,21-31)22-37-25-8-4-3-5-9-25)19-24-10-11-26(27(18-24)35-2)36-17-7-14-32-13-6-12-29-32/h3-6,8-13,18,34H,7,14-17,19-22H2,1-2H3/t28-/m0/s1. The smallest absolute Gasteiger partial charge is 0.219 e. The van der Waals surface area contributed by atoms with E-state index in [0.717, 1.165) is 18.5 Å². The van der Waals surface area contributed by atoms with Crippen LogP contribution in [0.4, 0.5) is 0 Å². The average molecular weight is 509 g/mol. The van der Waals surface area contributed by atoms with Crippen LogP contribution in [0.5, 0.6) is 17.2 Å². The number of aliphatic hydroxyl groups is 1. The summed E-state index contributed by atoms with van der Waals surface area (Å²) in [5.74, 6) is 1.99. The molecule has 1 N–H and O–H groups in total. The Morgan fingerprint density at radius 2 is 1.89 bits per heavy atom. The molecule has 0 unspecified atom stereocenters. The molecule has 0 radical (unpaired) electrons. The first-order chi connectivity index (χ1) is 17.9. The van der Waals surface area contributed by atoms with Crippen LogP contribution < -0.4 is 14.2 Å². The molecule has 198 valence electrons. The molecule has 1 saturated heterocycles. The second-order valence-electron chi connectivity index (χ2n) is 9.43. The number of β-amino-alcohol motifs (C(OH)–C–C–N with tert-alkyl or cyclic N) is 1. The van der Waals surface area contributed by atoms with Crippen molar-refractivity contribution in [2.24, 2.45) is 0 Å². The molecule has 1 amide bonds. The molecule has 2 heterocycles. The molecule has 37 heavy (non-hydrogen) atoms. The molecule has 0 bridgehead atoms. The fourth-order valence-corrected chi connectivity index (χ4v) is 4.50. The third kappa shape index (κ3) is 7.71. The highest BCUT2D eigenvalue weighted by molar-refractivity contribution is 5.73. The SMILES string of the molecule is COc1cc(CN2CCN(C(C)=O)C[C@](O)(COc3ccccc3)C2)ccc1OCCCn1cccn1. The first kappa shape index (κ1) is 26.5. The molecule has 0 aliphatic carbocycles. The van der Waals surface area contributed by atoms with Gasteiger partial charge in [-0.3, -0.25) is 14.4 Å². The zero-order valence-corrected chi connectivity index (χ0v) is 21.6. The van der Waals surface area contributed by atoms with E-state index in [1.807, 2.05) is 65.5 Å². The average Bonchev–Trinajstić information content (AvgIpc) is 3.36. The van der Waals surface area contributed by atoms with Crippen molar-refractivity contribution >= 4 is 5.91 Å². The number of para-hydroxylation sites is 1. The quantitative estimate of drug-likeness (QED) is 0.399. The highest BCUT2D eigenvalue weighted by atomic mass is 16.5. The third-order valence-electron chi connectivity index (χ3n) is 6.37. The molecule has 2 aromatic carbocycles. The Bertz CT molecular complexity index is 1120. The van der Waals surface area contributed by atoms with E-state index in [0.29, 0.717) is 50.0 Å². The number of benzene rings is 2. The first-order valence-electron chi connectivity index (χ1n) is 12.6. The number of hydrogen-bond donors (Lipinski definition) is 1. The fraction of sp³-hybridized carbons (Fsp3) is 0.429. The Balaban J connectivity index is 1.38. The molecular formula is C28H36N4O5. The van der Waals surface area contributed by atoms with Gasteiger partial charge in [-0.1, -0.05) is 24.3 Å². The van der Waals surface area contributed by atoms with Gasteiger partial charge in [0.1, 0.15) is 18.0 Å². The maximum absolute atomic E-state index is 12.2. The molecule has 1 aromatic heterocycles. The van der Waals surface area contributed by atoms with Gasteiger partial charge in [0.25, 0.3) is 0 Å². The third-order valence-corrected chi connectivity index (χ3v) is 6.37. The summed E-state index contributed by atoms with van der Waals surface area (Å²) < 4.78 is 19.3. The van der Waals surface area contributed by atoms with E-state index in [4.69, 9.17) is 14.2 Å². The lowest BCUT2D eigenvalue weighted by Gasteiger charge is -2.32. The molecule has 1 atom stereocenters. The molecule has 1 aliphatic heterocycles. The number of amides is 1. The van der Waals surface area contributed by atoms with Gasteiger partial charge in [0, 0.05) is 58.5 Å². The maximum atomic E-state index is 12.2. The first-order valence-corrected chi connectivity index (χ1v) is 12.6. The molecule has 9 nitrogen and oxygen atoms in total. The van der Waals surface area contributed by atoms with Crippen molar-refractivity contribution in [3.8, 4) is 17.2 Å². The molecule has 1 aliphatic rings. The Morgan fingerprint density at radius 3 is 2.62 bits per heavy atom. The minimum Gasteiger partial charge on any atom is -0.493 e. The van der Waals surface area contributed by atoms with Gasteiger partial charge in [0.15, 0.2) is 11.5 Å². The summed E-state index contributed by atoms with van der Waals surface area (Å²) in [6.07, 6.45) is 4.53. The highest BCUT2D eigenvalue weighted by Gasteiger charge is 2.37. The minimum absolute atomic E-state index is 0.0595. The van der Waals surface area contributed by atoms with Crippen LogP contribution in [0.2, 0.25) is 0 Å². The van der Waals surface area contributed by atoms with Crippen LogP contribution in [-0.2, 0) is 17.9 Å². The van der Waals surface area contributed by atoms with Gasteiger partial charge in [0.05, 0.1) is 20.3 Å². The topological polar surface area (TPSA) is 89.3 Å². The number of ether oxygens (including phenoxy) is 3. The number of methoxy groups -OCH3 is 1. The van der Waals surface area contributed by atoms with Crippen LogP contribution in [0.3, 0.4) is 0 Å². The van der Waals surface area contributed by atoms with E-state index >= 15 is 0 Å². The Hall–Kier alpha value is -3.56. The second kappa shape index (κ2) is 12.6. The van der Waals surface area contributed by atoms with Gasteiger partial charge < -0.3 is 24.2 Å². The summed E-state index contributed by atoms with van der Waals surface area (Å²) in [6.45, 7) is 5.33. The van der Waals surface area contributed by atoms with Crippen LogP contribution in [0, 0.1) is 0 Å². The van der Waals surface area contributed by atoms with E-state index in [9.17, 15) is 9.90 Å². The van der Waals surface area contributed by atoms with Crippen LogP contribution >= 0.6 is 0 Å². The summed E-state index contributed by atoms with van der Waals surface area (Å²) in [7, 11) is 1.63. The number of aryl methyl sites for hydroxylation is 1. The van der Waals surface area contributed by atoms with Crippen molar-refractivity contribution in [1.29, 1.82) is 0 Å². The fourth-order valence-electron chi connectivity index (χ4n) is 4.50. The van der Waals surface area contributed by atoms with Crippen molar-refractivity contribution < 1.29 is 24.1 Å². The van der Waals surface area contributed by atoms with Crippen molar-refractivity contribution in [2.45, 2.75) is 32.0 Å². The molecule has 0 saturated carbocycles. The summed E-state index contributed by atoms with van der Waals surface area (Å²) in [4.78, 5) is 16.0. The Labute approximate surface area is 218 Å². The number of rotatable bonds is 11. The normalized spacial score (nSPS) is 18.3. The summed E-state index contributed by atoms with van der Waals surface area (Å²) in [5.41, 5.74) is -0.178. The lowest BCUT2D eigenvalue weighted by Crippen LogP contribution is -2.51. The van der Waals surface area contributed by atoms with Crippen molar-refractivity contribution in [3.05, 3.63) is 72.6 Å². The molecule has 9 heteroatoms. The van der Waals surface area contributed by atoms with Crippen LogP contribution in [0.15, 0.2) is 67.0 Å². The molecular weight excluding hydrogens is 472 g/mol. The largest absolute Gasteiger partial charge is 0.493 e. The number of carbonyl (C=O) groups excluding carboxylic acids is 1. The number of carbonyl (C=O) groups is 1. The van der Waals surface area contributed by atoms with Crippen molar-refractivity contribution in [1.82, 2.24) is 19.6 Å². The van der Waals surface area contributed by atoms with Gasteiger partial charge in [-0.2, -0.15) is 5.10 Å². The summed E-state index contributed by atoms with van der Waals surface area (Å²) in [5, 5.41) is 15.7. The van der Waals surface area contributed by atoms with E-state index < -0.39 is 5.60 Å². The van der Waals surface area contributed by atoms with Crippen LogP contribution in [-0.4, -0.2) is 82.7 Å². The predicted octanol–water partition coefficient (Wildman–Crippen LogP) is 2.83. The van der Waals surface area contributed by atoms with E-state index in [2.05, 4.69) is 10.00 Å². The Morgan fingerprint density at radius 1 is 1.05 bits per heavy atom. The summed E-state index contributed by atoms with van der Waals surface area (Å²) >= 11 is 0. The predicted molar refractivity (Wildman–Crippen MR) is 140 cm³/mol. The van der Waals surface area contributed by atoms with Crippen LogP contribution in [0.25, 0.3) is 0 Å². The van der Waals surface area contributed by atoms with Crippen molar-refractivity contribution in [3.63, 3.8) is 0 Å². The lowest BCUT2D eigenvalue weighted by atomic mass is 10.0. The number of hydrogen-bond acceptors (Lipinski definition) is 7. The van der Waals surface area contributed by atoms with Gasteiger partial charge in [-0.05, 0) is 35.9 Å². The van der Waals surface area contributed by atoms with E-state index in [-0.39, 0.29) is 19.1 Å².